The van der Waals surface area contributed by atoms with Crippen molar-refractivity contribution in [2.45, 2.75) is 31.5 Å². The Morgan fingerprint density at radius 2 is 2.05 bits per heavy atom. The molecule has 22 heavy (non-hydrogen) atoms. The second-order valence-electron chi connectivity index (χ2n) is 4.78. The number of aromatic nitrogens is 2. The van der Waals surface area contributed by atoms with Crippen LogP contribution in [0.5, 0.6) is 0 Å². The first-order valence-electron chi connectivity index (χ1n) is 7.06. The zero-order valence-corrected chi connectivity index (χ0v) is 13.4. The van der Waals surface area contributed by atoms with Crippen molar-refractivity contribution >= 4 is 17.7 Å². The van der Waals surface area contributed by atoms with E-state index in [0.29, 0.717) is 17.3 Å². The summed E-state index contributed by atoms with van der Waals surface area (Å²) in [6, 6.07) is 6.05. The Morgan fingerprint density at radius 3 is 2.68 bits per heavy atom. The molecule has 1 amide bonds. The van der Waals surface area contributed by atoms with Gasteiger partial charge in [0, 0.05) is 12.7 Å². The summed E-state index contributed by atoms with van der Waals surface area (Å²) in [6.45, 7) is 2.38. The van der Waals surface area contributed by atoms with Crippen molar-refractivity contribution in [2.24, 2.45) is 0 Å². The predicted molar refractivity (Wildman–Crippen MR) is 85.4 cm³/mol. The summed E-state index contributed by atoms with van der Waals surface area (Å²) in [4.78, 5) is 20.9. The number of carbonyl (C=O) groups is 1. The molecule has 0 aliphatic heterocycles. The molecule has 2 rings (SSSR count). The van der Waals surface area contributed by atoms with Crippen LogP contribution in [0.25, 0.3) is 0 Å². The Morgan fingerprint density at radius 1 is 1.32 bits per heavy atom. The molecule has 0 radical (unpaired) electrons. The number of hydrogen-bond donors (Lipinski definition) is 1. The third-order valence-electron chi connectivity index (χ3n) is 3.13. The molecule has 0 unspecified atom stereocenters. The molecule has 116 valence electrons. The van der Waals surface area contributed by atoms with E-state index < -0.39 is 0 Å². The van der Waals surface area contributed by atoms with Crippen LogP contribution in [0.4, 0.5) is 4.39 Å². The van der Waals surface area contributed by atoms with Gasteiger partial charge in [-0.3, -0.25) is 4.79 Å². The summed E-state index contributed by atoms with van der Waals surface area (Å²) >= 11 is 1.45. The van der Waals surface area contributed by atoms with E-state index in [2.05, 4.69) is 15.3 Å². The van der Waals surface area contributed by atoms with Gasteiger partial charge in [-0.1, -0.05) is 37.2 Å². The second kappa shape index (κ2) is 7.89. The average Bonchev–Trinajstić information content (AvgIpc) is 2.54. The fourth-order valence-electron chi connectivity index (χ4n) is 1.99. The van der Waals surface area contributed by atoms with Crippen LogP contribution in [-0.2, 0) is 13.0 Å². The number of benzene rings is 1. The third-order valence-corrected chi connectivity index (χ3v) is 3.69. The van der Waals surface area contributed by atoms with Crippen molar-refractivity contribution in [2.75, 3.05) is 6.26 Å². The number of halogens is 1. The van der Waals surface area contributed by atoms with E-state index in [1.807, 2.05) is 13.2 Å². The Bertz CT molecular complexity index is 646. The van der Waals surface area contributed by atoms with Crippen LogP contribution in [0.1, 0.15) is 35.0 Å². The third kappa shape index (κ3) is 4.27. The maximum atomic E-state index is 12.9. The second-order valence-corrected chi connectivity index (χ2v) is 5.55. The molecule has 1 N–H and O–H groups in total. The SMILES string of the molecule is CCCc1nc(SC)ncc1C(=O)NCc1ccc(F)cc1. The van der Waals surface area contributed by atoms with Gasteiger partial charge in [-0.05, 0) is 30.4 Å². The van der Waals surface area contributed by atoms with Crippen molar-refractivity contribution in [3.8, 4) is 0 Å². The summed E-state index contributed by atoms with van der Waals surface area (Å²) in [6.07, 6.45) is 5.11. The van der Waals surface area contributed by atoms with Gasteiger partial charge in [0.15, 0.2) is 5.16 Å². The quantitative estimate of drug-likeness (QED) is 0.656. The van der Waals surface area contributed by atoms with Gasteiger partial charge in [-0.2, -0.15) is 0 Å². The Labute approximate surface area is 133 Å². The van der Waals surface area contributed by atoms with Gasteiger partial charge in [0.2, 0.25) is 0 Å². The Hall–Kier alpha value is -1.95. The molecule has 0 aliphatic rings. The summed E-state index contributed by atoms with van der Waals surface area (Å²) in [7, 11) is 0. The van der Waals surface area contributed by atoms with Crippen LogP contribution < -0.4 is 5.32 Å². The van der Waals surface area contributed by atoms with Crippen molar-refractivity contribution in [1.29, 1.82) is 0 Å². The monoisotopic (exact) mass is 319 g/mol. The van der Waals surface area contributed by atoms with E-state index in [0.717, 1.165) is 24.1 Å². The summed E-state index contributed by atoms with van der Waals surface area (Å²) < 4.78 is 12.9. The van der Waals surface area contributed by atoms with Crippen molar-refractivity contribution < 1.29 is 9.18 Å². The predicted octanol–water partition coefficient (Wildman–Crippen LogP) is 3.22. The zero-order valence-electron chi connectivity index (χ0n) is 12.6. The minimum atomic E-state index is -0.290. The average molecular weight is 319 g/mol. The zero-order chi connectivity index (χ0) is 15.9. The first-order chi connectivity index (χ1) is 10.6. The number of thioether (sulfide) groups is 1. The molecule has 0 bridgehead atoms. The Balaban J connectivity index is 2.09. The number of hydrogen-bond acceptors (Lipinski definition) is 4. The standard InChI is InChI=1S/C16H18FN3OS/c1-3-4-14-13(10-19-16(20-14)22-2)15(21)18-9-11-5-7-12(17)8-6-11/h5-8,10H,3-4,9H2,1-2H3,(H,18,21). The molecule has 0 saturated carbocycles. The van der Waals surface area contributed by atoms with Crippen LogP contribution in [-0.4, -0.2) is 22.1 Å². The van der Waals surface area contributed by atoms with Crippen molar-refractivity contribution in [1.82, 2.24) is 15.3 Å². The highest BCUT2D eigenvalue weighted by atomic mass is 32.2. The molecule has 1 aromatic heterocycles. The normalized spacial score (nSPS) is 10.5. The highest BCUT2D eigenvalue weighted by molar-refractivity contribution is 7.98. The van der Waals surface area contributed by atoms with E-state index in [9.17, 15) is 9.18 Å². The summed E-state index contributed by atoms with van der Waals surface area (Å²) in [5, 5.41) is 3.49. The molecule has 0 fully saturated rings. The number of carbonyl (C=O) groups excluding carboxylic acids is 1. The lowest BCUT2D eigenvalue weighted by atomic mass is 10.1. The maximum absolute atomic E-state index is 12.9. The molecule has 0 saturated heterocycles. The van der Waals surface area contributed by atoms with E-state index in [1.54, 1.807) is 18.3 Å². The van der Waals surface area contributed by atoms with Gasteiger partial charge in [0.1, 0.15) is 5.82 Å². The minimum absolute atomic E-state index is 0.208. The van der Waals surface area contributed by atoms with Gasteiger partial charge >= 0.3 is 0 Å². The molecular weight excluding hydrogens is 301 g/mol. The van der Waals surface area contributed by atoms with E-state index in [1.165, 1.54) is 23.9 Å². The molecule has 6 heteroatoms. The molecule has 0 aliphatic carbocycles. The van der Waals surface area contributed by atoms with Gasteiger partial charge in [-0.25, -0.2) is 14.4 Å². The number of nitrogens with one attached hydrogen (secondary N) is 1. The van der Waals surface area contributed by atoms with Crippen molar-refractivity contribution in [3.63, 3.8) is 0 Å². The molecule has 0 atom stereocenters. The lowest BCUT2D eigenvalue weighted by Crippen LogP contribution is -2.25. The summed E-state index contributed by atoms with van der Waals surface area (Å²) in [5.41, 5.74) is 2.11. The largest absolute Gasteiger partial charge is 0.348 e. The first kappa shape index (κ1) is 16.4. The van der Waals surface area contributed by atoms with Gasteiger partial charge < -0.3 is 5.32 Å². The minimum Gasteiger partial charge on any atom is -0.348 e. The van der Waals surface area contributed by atoms with E-state index in [-0.39, 0.29) is 11.7 Å². The molecular formula is C16H18FN3OS. The molecule has 1 aromatic carbocycles. The molecule has 2 aromatic rings. The fraction of sp³-hybridized carbons (Fsp3) is 0.312. The van der Waals surface area contributed by atoms with Gasteiger partial charge in [0.25, 0.3) is 5.91 Å². The van der Waals surface area contributed by atoms with Crippen LogP contribution >= 0.6 is 11.8 Å². The number of aryl methyl sites for hydroxylation is 1. The highest BCUT2D eigenvalue weighted by Crippen LogP contribution is 2.14. The maximum Gasteiger partial charge on any atom is 0.254 e. The Kier molecular flexibility index (Phi) is 5.89. The fourth-order valence-corrected chi connectivity index (χ4v) is 2.35. The highest BCUT2D eigenvalue weighted by Gasteiger charge is 2.13. The van der Waals surface area contributed by atoms with Crippen LogP contribution in [0, 0.1) is 5.82 Å². The van der Waals surface area contributed by atoms with Crippen LogP contribution in [0.3, 0.4) is 0 Å². The van der Waals surface area contributed by atoms with E-state index in [4.69, 9.17) is 0 Å². The smallest absolute Gasteiger partial charge is 0.254 e. The first-order valence-corrected chi connectivity index (χ1v) is 8.29. The number of nitrogens with zero attached hydrogens (tertiary/aromatic N) is 2. The van der Waals surface area contributed by atoms with E-state index >= 15 is 0 Å². The summed E-state index contributed by atoms with van der Waals surface area (Å²) in [5.74, 6) is -0.498. The molecule has 4 nitrogen and oxygen atoms in total. The number of rotatable bonds is 6. The van der Waals surface area contributed by atoms with Crippen molar-refractivity contribution in [3.05, 3.63) is 53.1 Å². The van der Waals surface area contributed by atoms with Crippen LogP contribution in [0.15, 0.2) is 35.6 Å². The van der Waals surface area contributed by atoms with Crippen LogP contribution in [0.2, 0.25) is 0 Å². The molecule has 0 spiro atoms. The van der Waals surface area contributed by atoms with Gasteiger partial charge in [-0.15, -0.1) is 0 Å². The topological polar surface area (TPSA) is 54.9 Å². The van der Waals surface area contributed by atoms with Gasteiger partial charge in [0.05, 0.1) is 11.3 Å². The number of amides is 1. The molecule has 1 heterocycles. The lowest BCUT2D eigenvalue weighted by Gasteiger charge is -2.09. The lowest BCUT2D eigenvalue weighted by molar-refractivity contribution is 0.0949.